The van der Waals surface area contributed by atoms with Crippen molar-refractivity contribution >= 4 is 34.8 Å². The van der Waals surface area contributed by atoms with Crippen LogP contribution >= 0.6 is 11.3 Å². The second-order valence-corrected chi connectivity index (χ2v) is 10.6. The highest BCUT2D eigenvalue weighted by atomic mass is 32.1. The zero-order valence-corrected chi connectivity index (χ0v) is 24.0. The van der Waals surface area contributed by atoms with E-state index in [1.165, 1.54) is 29.0 Å². The first-order valence-electron chi connectivity index (χ1n) is 13.1. The van der Waals surface area contributed by atoms with Crippen LogP contribution in [0.4, 0.5) is 34.1 Å². The number of alkyl halides is 3. The number of carbonyl (C=O) groups is 2. The molecule has 4 rings (SSSR count). The summed E-state index contributed by atoms with van der Waals surface area (Å²) >= 11 is 1.39. The Morgan fingerprint density at radius 3 is 2.24 bits per heavy atom. The first-order chi connectivity index (χ1) is 20.0. The highest BCUT2D eigenvalue weighted by Crippen LogP contribution is 2.25. The smallest absolute Gasteiger partial charge is 0.406 e. The van der Waals surface area contributed by atoms with Crippen molar-refractivity contribution in [1.82, 2.24) is 9.88 Å². The van der Waals surface area contributed by atoms with E-state index in [0.717, 1.165) is 28.9 Å². The molecule has 0 aliphatic heterocycles. The van der Waals surface area contributed by atoms with E-state index in [0.29, 0.717) is 35.1 Å². The molecular weight excluding hydrogens is 567 g/mol. The van der Waals surface area contributed by atoms with Gasteiger partial charge in [0.15, 0.2) is 4.80 Å². The molecule has 3 N–H and O–H groups in total. The Kier molecular flexibility index (Phi) is 9.68. The number of hydrogen-bond donors (Lipinski definition) is 3. The number of hydrogen-bond acceptors (Lipinski definition) is 4. The van der Waals surface area contributed by atoms with Crippen molar-refractivity contribution in [2.45, 2.75) is 39.5 Å². The second kappa shape index (κ2) is 13.4. The molecular formula is C30H30F3N5O3S. The van der Waals surface area contributed by atoms with Gasteiger partial charge in [-0.1, -0.05) is 38.1 Å². The summed E-state index contributed by atoms with van der Waals surface area (Å²) in [5.74, 6) is -0.0697. The summed E-state index contributed by atoms with van der Waals surface area (Å²) < 4.78 is 42.6. The lowest BCUT2D eigenvalue weighted by Gasteiger charge is -2.14. The van der Waals surface area contributed by atoms with Crippen molar-refractivity contribution in [3.05, 3.63) is 99.8 Å². The van der Waals surface area contributed by atoms with E-state index in [2.05, 4.69) is 57.7 Å². The van der Waals surface area contributed by atoms with Gasteiger partial charge in [0.1, 0.15) is 5.75 Å². The molecule has 220 valence electrons. The van der Waals surface area contributed by atoms with Crippen molar-refractivity contribution in [3.63, 3.8) is 0 Å². The van der Waals surface area contributed by atoms with E-state index < -0.39 is 18.4 Å². The summed E-state index contributed by atoms with van der Waals surface area (Å²) in [7, 11) is 0. The van der Waals surface area contributed by atoms with Gasteiger partial charge in [-0.15, -0.1) is 24.5 Å². The molecule has 1 heterocycles. The topological polar surface area (TPSA) is 96.8 Å². The maximum absolute atomic E-state index is 12.6. The van der Waals surface area contributed by atoms with E-state index in [1.54, 1.807) is 12.1 Å². The molecule has 0 bridgehead atoms. The van der Waals surface area contributed by atoms with Crippen LogP contribution in [-0.2, 0) is 6.42 Å². The number of halogens is 3. The minimum Gasteiger partial charge on any atom is -0.406 e. The van der Waals surface area contributed by atoms with Crippen LogP contribution in [0.1, 0.15) is 36.5 Å². The lowest BCUT2D eigenvalue weighted by molar-refractivity contribution is -0.274. The summed E-state index contributed by atoms with van der Waals surface area (Å²) in [4.78, 5) is 29.7. The number of thiazole rings is 1. The number of anilines is 2. The van der Waals surface area contributed by atoms with Crippen LogP contribution in [0.2, 0.25) is 0 Å². The first kappa shape index (κ1) is 30.4. The molecule has 4 aromatic rings. The SMILES string of the molecule is Cc1ccc(C(C)C)c(-n2ccs/c2=N\C(=O)NCCc2ccc(NC(=O)Nc3ccc(OC(F)(F)F)cc3)cc2)c1. The Morgan fingerprint density at radius 1 is 0.976 bits per heavy atom. The molecule has 0 radical (unpaired) electrons. The van der Waals surface area contributed by atoms with E-state index in [-0.39, 0.29) is 5.75 Å². The summed E-state index contributed by atoms with van der Waals surface area (Å²) in [6.45, 7) is 6.66. The summed E-state index contributed by atoms with van der Waals surface area (Å²) in [6.07, 6.45) is -2.32. The molecule has 0 aliphatic carbocycles. The van der Waals surface area contributed by atoms with Gasteiger partial charge < -0.3 is 20.7 Å². The highest BCUT2D eigenvalue weighted by Gasteiger charge is 2.31. The lowest BCUT2D eigenvalue weighted by Crippen LogP contribution is -2.26. The number of nitrogens with zero attached hydrogens (tertiary/aromatic N) is 2. The molecule has 12 heteroatoms. The predicted octanol–water partition coefficient (Wildman–Crippen LogP) is 7.37. The third-order valence-corrected chi connectivity index (χ3v) is 6.86. The fraction of sp³-hybridized carbons (Fsp3) is 0.233. The van der Waals surface area contributed by atoms with Crippen LogP contribution in [0.25, 0.3) is 5.69 Å². The average molecular weight is 598 g/mol. The fourth-order valence-electron chi connectivity index (χ4n) is 4.12. The molecule has 8 nitrogen and oxygen atoms in total. The number of nitrogens with one attached hydrogen (secondary N) is 3. The van der Waals surface area contributed by atoms with Gasteiger partial charge in [0, 0.05) is 29.5 Å². The Balaban J connectivity index is 1.28. The van der Waals surface area contributed by atoms with Crippen molar-refractivity contribution in [2.24, 2.45) is 4.99 Å². The number of aromatic nitrogens is 1. The predicted molar refractivity (Wildman–Crippen MR) is 157 cm³/mol. The normalized spacial score (nSPS) is 11.8. The van der Waals surface area contributed by atoms with Crippen molar-refractivity contribution < 1.29 is 27.5 Å². The van der Waals surface area contributed by atoms with Gasteiger partial charge in [-0.3, -0.25) is 4.57 Å². The number of rotatable bonds is 8. The number of urea groups is 2. The van der Waals surface area contributed by atoms with Crippen LogP contribution in [0.15, 0.2) is 83.3 Å². The molecule has 0 aliphatic rings. The zero-order valence-electron chi connectivity index (χ0n) is 23.2. The Morgan fingerprint density at radius 2 is 1.62 bits per heavy atom. The highest BCUT2D eigenvalue weighted by molar-refractivity contribution is 7.07. The largest absolute Gasteiger partial charge is 0.573 e. The standard InChI is InChI=1S/C30H30F3N5O3S/c1-19(2)25-13-4-20(3)18-26(25)38-16-17-42-29(38)37-27(39)34-15-14-21-5-7-22(8-6-21)35-28(40)36-23-9-11-24(12-10-23)41-30(31,32)33/h4-13,16-19H,14-15H2,1-3H3,(H,34,39)(H2,35,36,40)/b37-29-. The van der Waals surface area contributed by atoms with Crippen molar-refractivity contribution in [2.75, 3.05) is 17.2 Å². The molecule has 0 saturated heterocycles. The number of amides is 4. The van der Waals surface area contributed by atoms with Gasteiger partial charge in [0.25, 0.3) is 0 Å². The Labute approximate surface area is 244 Å². The third-order valence-electron chi connectivity index (χ3n) is 6.10. The monoisotopic (exact) mass is 597 g/mol. The molecule has 0 unspecified atom stereocenters. The Bertz CT molecular complexity index is 1590. The van der Waals surface area contributed by atoms with Crippen molar-refractivity contribution in [3.8, 4) is 11.4 Å². The number of aryl methyl sites for hydroxylation is 1. The summed E-state index contributed by atoms with van der Waals surface area (Å²) in [5.41, 5.74) is 5.06. The quantitative estimate of drug-likeness (QED) is 0.198. The van der Waals surface area contributed by atoms with Crippen LogP contribution < -0.4 is 25.5 Å². The van der Waals surface area contributed by atoms with E-state index in [1.807, 2.05) is 35.2 Å². The van der Waals surface area contributed by atoms with Gasteiger partial charge in [-0.25, -0.2) is 9.59 Å². The van der Waals surface area contributed by atoms with E-state index in [4.69, 9.17) is 0 Å². The van der Waals surface area contributed by atoms with Crippen LogP contribution in [0.5, 0.6) is 5.75 Å². The van der Waals surface area contributed by atoms with Gasteiger partial charge in [-0.2, -0.15) is 4.99 Å². The van der Waals surface area contributed by atoms with E-state index >= 15 is 0 Å². The average Bonchev–Trinajstić information content (AvgIpc) is 3.37. The van der Waals surface area contributed by atoms with E-state index in [9.17, 15) is 22.8 Å². The van der Waals surface area contributed by atoms with Gasteiger partial charge in [0.2, 0.25) is 0 Å². The molecule has 3 aromatic carbocycles. The van der Waals surface area contributed by atoms with Crippen LogP contribution in [-0.4, -0.2) is 29.5 Å². The summed E-state index contributed by atoms with van der Waals surface area (Å²) in [5, 5.41) is 9.92. The maximum Gasteiger partial charge on any atom is 0.573 e. The lowest BCUT2D eigenvalue weighted by atomic mass is 9.99. The minimum absolute atomic E-state index is 0.298. The maximum atomic E-state index is 12.6. The van der Waals surface area contributed by atoms with Crippen LogP contribution in [0, 0.1) is 6.92 Å². The fourth-order valence-corrected chi connectivity index (χ4v) is 4.83. The molecule has 0 fully saturated rings. The minimum atomic E-state index is -4.79. The number of ether oxygens (including phenoxy) is 1. The number of carbonyl (C=O) groups excluding carboxylic acids is 2. The van der Waals surface area contributed by atoms with Crippen molar-refractivity contribution in [1.29, 1.82) is 0 Å². The Hall–Kier alpha value is -4.58. The molecule has 1 aromatic heterocycles. The first-order valence-corrected chi connectivity index (χ1v) is 14.0. The number of benzene rings is 3. The van der Waals surface area contributed by atoms with Crippen LogP contribution in [0.3, 0.4) is 0 Å². The molecule has 0 atom stereocenters. The van der Waals surface area contributed by atoms with Gasteiger partial charge >= 0.3 is 18.4 Å². The zero-order chi connectivity index (χ0) is 30.3. The molecule has 42 heavy (non-hydrogen) atoms. The second-order valence-electron chi connectivity index (χ2n) is 9.71. The molecule has 0 saturated carbocycles. The van der Waals surface area contributed by atoms with Gasteiger partial charge in [0.05, 0.1) is 5.69 Å². The third kappa shape index (κ3) is 8.71. The summed E-state index contributed by atoms with van der Waals surface area (Å²) in [6, 6.07) is 17.2. The molecule has 0 spiro atoms. The van der Waals surface area contributed by atoms with Gasteiger partial charge in [-0.05, 0) is 78.4 Å². The molecule has 4 amide bonds.